The molecule has 0 saturated carbocycles. The topological polar surface area (TPSA) is 114 Å². The van der Waals surface area contributed by atoms with E-state index in [1.165, 1.54) is 43.5 Å². The molecule has 0 bridgehead atoms. The van der Waals surface area contributed by atoms with Crippen molar-refractivity contribution in [3.63, 3.8) is 0 Å². The highest BCUT2D eigenvalue weighted by Gasteiger charge is 2.11. The Kier molecular flexibility index (Phi) is 4.42. The second-order valence-corrected chi connectivity index (χ2v) is 4.16. The fraction of sp³-hybridized carbons (Fsp3) is 0.0714. The van der Waals surface area contributed by atoms with Crippen LogP contribution in [0.5, 0.6) is 5.75 Å². The van der Waals surface area contributed by atoms with Gasteiger partial charge < -0.3 is 9.84 Å². The molecule has 8 nitrogen and oxygen atoms in total. The van der Waals surface area contributed by atoms with Gasteiger partial charge in [-0.25, -0.2) is 4.79 Å². The summed E-state index contributed by atoms with van der Waals surface area (Å²) in [6.45, 7) is 0. The average Bonchev–Trinajstić information content (AvgIpc) is 2.53. The Morgan fingerprint density at radius 1 is 1.14 bits per heavy atom. The van der Waals surface area contributed by atoms with Crippen molar-refractivity contribution in [2.45, 2.75) is 0 Å². The van der Waals surface area contributed by atoms with Crippen molar-refractivity contribution < 1.29 is 19.6 Å². The lowest BCUT2D eigenvalue weighted by Gasteiger charge is -2.04. The third kappa shape index (κ3) is 3.42. The summed E-state index contributed by atoms with van der Waals surface area (Å²) in [5.74, 6) is -0.911. The van der Waals surface area contributed by atoms with E-state index in [2.05, 4.69) is 10.2 Å². The lowest BCUT2D eigenvalue weighted by Crippen LogP contribution is -1.99. The highest BCUT2D eigenvalue weighted by atomic mass is 16.6. The minimum absolute atomic E-state index is 0.0253. The van der Waals surface area contributed by atoms with E-state index in [4.69, 9.17) is 9.84 Å². The number of methoxy groups -OCH3 is 1. The third-order valence-electron chi connectivity index (χ3n) is 2.75. The summed E-state index contributed by atoms with van der Waals surface area (Å²) >= 11 is 0. The fourth-order valence-electron chi connectivity index (χ4n) is 1.68. The number of hydrogen-bond donors (Lipinski definition) is 1. The second-order valence-electron chi connectivity index (χ2n) is 4.16. The minimum atomic E-state index is -1.13. The molecular formula is C14H11N3O5. The zero-order chi connectivity index (χ0) is 16.1. The molecule has 0 atom stereocenters. The van der Waals surface area contributed by atoms with Crippen LogP contribution < -0.4 is 4.74 Å². The molecule has 0 saturated heterocycles. The van der Waals surface area contributed by atoms with Crippen LogP contribution in [0.2, 0.25) is 0 Å². The first-order valence-corrected chi connectivity index (χ1v) is 6.09. The van der Waals surface area contributed by atoms with Gasteiger partial charge in [-0.05, 0) is 30.3 Å². The van der Waals surface area contributed by atoms with Crippen molar-refractivity contribution in [3.8, 4) is 5.75 Å². The molecule has 8 heteroatoms. The van der Waals surface area contributed by atoms with Gasteiger partial charge in [-0.3, -0.25) is 10.1 Å². The van der Waals surface area contributed by atoms with E-state index >= 15 is 0 Å². The maximum Gasteiger partial charge on any atom is 0.339 e. The Hall–Kier alpha value is -3.29. The van der Waals surface area contributed by atoms with Crippen LogP contribution in [-0.4, -0.2) is 23.1 Å². The standard InChI is InChI=1S/C14H11N3O5/c1-22-13-7-4-10(8-12(13)14(18)19)16-15-9-2-5-11(6-3-9)17(20)21/h2-8H,1H3,(H,18,19). The van der Waals surface area contributed by atoms with Crippen LogP contribution in [0.4, 0.5) is 17.1 Å². The van der Waals surface area contributed by atoms with Gasteiger partial charge in [0.2, 0.25) is 0 Å². The second kappa shape index (κ2) is 6.44. The molecule has 0 spiro atoms. The lowest BCUT2D eigenvalue weighted by molar-refractivity contribution is -0.384. The van der Waals surface area contributed by atoms with Gasteiger partial charge in [0.15, 0.2) is 0 Å². The molecule has 0 aliphatic rings. The smallest absolute Gasteiger partial charge is 0.339 e. The number of hydrogen-bond acceptors (Lipinski definition) is 6. The Morgan fingerprint density at radius 2 is 1.73 bits per heavy atom. The Bertz CT molecular complexity index is 741. The summed E-state index contributed by atoms with van der Waals surface area (Å²) in [5, 5.41) is 27.4. The van der Waals surface area contributed by atoms with E-state index in [1.807, 2.05) is 0 Å². The zero-order valence-corrected chi connectivity index (χ0v) is 11.5. The largest absolute Gasteiger partial charge is 0.496 e. The summed E-state index contributed by atoms with van der Waals surface area (Å²) < 4.78 is 4.94. The van der Waals surface area contributed by atoms with Crippen LogP contribution in [0.3, 0.4) is 0 Å². The van der Waals surface area contributed by atoms with Crippen LogP contribution in [0.1, 0.15) is 10.4 Å². The van der Waals surface area contributed by atoms with Crippen molar-refractivity contribution >= 4 is 23.0 Å². The average molecular weight is 301 g/mol. The number of aromatic carboxylic acids is 1. The fourth-order valence-corrected chi connectivity index (χ4v) is 1.68. The first-order chi connectivity index (χ1) is 10.5. The first kappa shape index (κ1) is 15.1. The van der Waals surface area contributed by atoms with Crippen LogP contribution in [0, 0.1) is 10.1 Å². The number of carboxylic acids is 1. The van der Waals surface area contributed by atoms with E-state index < -0.39 is 10.9 Å². The number of azo groups is 1. The van der Waals surface area contributed by atoms with E-state index in [-0.39, 0.29) is 17.0 Å². The SMILES string of the molecule is COc1ccc(N=Nc2ccc([N+](=O)[O-])cc2)cc1C(=O)O. The summed E-state index contributed by atoms with van der Waals surface area (Å²) in [6, 6.07) is 9.88. The van der Waals surface area contributed by atoms with Gasteiger partial charge in [-0.1, -0.05) is 0 Å². The maximum atomic E-state index is 11.1. The van der Waals surface area contributed by atoms with Gasteiger partial charge in [0.1, 0.15) is 11.3 Å². The van der Waals surface area contributed by atoms with Gasteiger partial charge in [0.05, 0.1) is 23.4 Å². The van der Waals surface area contributed by atoms with Crippen molar-refractivity contribution in [3.05, 3.63) is 58.1 Å². The summed E-state index contributed by atoms with van der Waals surface area (Å²) in [6.07, 6.45) is 0. The predicted octanol–water partition coefficient (Wildman–Crippen LogP) is 3.72. The molecule has 2 rings (SSSR count). The molecular weight excluding hydrogens is 290 g/mol. The molecule has 22 heavy (non-hydrogen) atoms. The molecule has 0 amide bonds. The number of nitrogens with zero attached hydrogens (tertiary/aromatic N) is 3. The molecule has 2 aromatic rings. The molecule has 0 unspecified atom stereocenters. The van der Waals surface area contributed by atoms with E-state index in [0.29, 0.717) is 11.4 Å². The Balaban J connectivity index is 2.24. The lowest BCUT2D eigenvalue weighted by atomic mass is 10.2. The van der Waals surface area contributed by atoms with Crippen LogP contribution >= 0.6 is 0 Å². The summed E-state index contributed by atoms with van der Waals surface area (Å²) in [7, 11) is 1.37. The number of benzene rings is 2. The van der Waals surface area contributed by atoms with Crippen LogP contribution in [0.25, 0.3) is 0 Å². The number of carbonyl (C=O) groups is 1. The first-order valence-electron chi connectivity index (χ1n) is 6.09. The van der Waals surface area contributed by atoms with E-state index in [1.54, 1.807) is 6.07 Å². The highest BCUT2D eigenvalue weighted by Crippen LogP contribution is 2.26. The summed E-state index contributed by atoms with van der Waals surface area (Å²) in [4.78, 5) is 21.1. The van der Waals surface area contributed by atoms with Gasteiger partial charge in [0, 0.05) is 12.1 Å². The van der Waals surface area contributed by atoms with Gasteiger partial charge in [-0.2, -0.15) is 10.2 Å². The molecule has 1 N–H and O–H groups in total. The monoisotopic (exact) mass is 301 g/mol. The predicted molar refractivity (Wildman–Crippen MR) is 77.2 cm³/mol. The quantitative estimate of drug-likeness (QED) is 0.513. The maximum absolute atomic E-state index is 11.1. The molecule has 2 aromatic carbocycles. The molecule has 0 aromatic heterocycles. The Labute approximate surface area is 124 Å². The molecule has 0 heterocycles. The number of non-ortho nitro benzene ring substituents is 1. The Morgan fingerprint density at radius 3 is 2.27 bits per heavy atom. The third-order valence-corrected chi connectivity index (χ3v) is 2.75. The van der Waals surface area contributed by atoms with E-state index in [9.17, 15) is 14.9 Å². The van der Waals surface area contributed by atoms with Gasteiger partial charge in [0.25, 0.3) is 5.69 Å². The van der Waals surface area contributed by atoms with Gasteiger partial charge in [-0.15, -0.1) is 0 Å². The number of nitro benzene ring substituents is 1. The molecule has 112 valence electrons. The molecule has 0 aliphatic heterocycles. The molecule has 0 fully saturated rings. The number of nitro groups is 1. The highest BCUT2D eigenvalue weighted by molar-refractivity contribution is 5.91. The van der Waals surface area contributed by atoms with Crippen LogP contribution in [0.15, 0.2) is 52.7 Å². The summed E-state index contributed by atoms with van der Waals surface area (Å²) in [5.41, 5.74) is 0.675. The molecule has 0 aliphatic carbocycles. The number of rotatable bonds is 5. The van der Waals surface area contributed by atoms with Crippen molar-refractivity contribution in [2.75, 3.05) is 7.11 Å². The zero-order valence-electron chi connectivity index (χ0n) is 11.5. The molecule has 0 radical (unpaired) electrons. The van der Waals surface area contributed by atoms with E-state index in [0.717, 1.165) is 0 Å². The van der Waals surface area contributed by atoms with Crippen LogP contribution in [-0.2, 0) is 0 Å². The van der Waals surface area contributed by atoms with Crippen molar-refractivity contribution in [1.82, 2.24) is 0 Å². The number of carboxylic acid groups (broad SMARTS) is 1. The normalized spacial score (nSPS) is 10.6. The van der Waals surface area contributed by atoms with Gasteiger partial charge >= 0.3 is 5.97 Å². The van der Waals surface area contributed by atoms with Crippen molar-refractivity contribution in [2.24, 2.45) is 10.2 Å². The number of ether oxygens (including phenoxy) is 1. The minimum Gasteiger partial charge on any atom is -0.496 e. The van der Waals surface area contributed by atoms with Crippen molar-refractivity contribution in [1.29, 1.82) is 0 Å².